The van der Waals surface area contributed by atoms with Crippen molar-refractivity contribution in [3.05, 3.63) is 29.8 Å². The second-order valence-electron chi connectivity index (χ2n) is 3.30. The van der Waals surface area contributed by atoms with E-state index in [9.17, 15) is 4.39 Å². The molecule has 0 saturated heterocycles. The van der Waals surface area contributed by atoms with Gasteiger partial charge in [-0.25, -0.2) is 9.37 Å². The highest BCUT2D eigenvalue weighted by Crippen LogP contribution is 2.13. The molecule has 0 spiro atoms. The standard InChI is InChI=1S/C10H12FN3/c11-7-3-4-8-9(6-7)14-10(13-8)2-1-5-12/h3-4,6H,1-2,5,12H2,(H,13,14)/p+1. The lowest BCUT2D eigenvalue weighted by Crippen LogP contribution is -2.50. The molecule has 0 fully saturated rings. The molecule has 4 heteroatoms. The van der Waals surface area contributed by atoms with Crippen molar-refractivity contribution in [1.29, 1.82) is 0 Å². The summed E-state index contributed by atoms with van der Waals surface area (Å²) in [6, 6.07) is 4.58. The largest absolute Gasteiger partial charge is 0.358 e. The van der Waals surface area contributed by atoms with Crippen molar-refractivity contribution in [2.75, 3.05) is 6.54 Å². The molecule has 3 nitrogen and oxygen atoms in total. The summed E-state index contributed by atoms with van der Waals surface area (Å²) in [7, 11) is 0. The molecule has 2 aromatic rings. The maximum absolute atomic E-state index is 12.8. The second kappa shape index (κ2) is 3.75. The minimum Gasteiger partial charge on any atom is -0.358 e. The van der Waals surface area contributed by atoms with E-state index >= 15 is 0 Å². The lowest BCUT2D eigenvalue weighted by Gasteiger charge is -1.89. The maximum atomic E-state index is 12.8. The predicted octanol–water partition coefficient (Wildman–Crippen LogP) is 0.876. The number of H-pyrrole nitrogens is 1. The van der Waals surface area contributed by atoms with Crippen molar-refractivity contribution >= 4 is 11.0 Å². The second-order valence-corrected chi connectivity index (χ2v) is 3.30. The summed E-state index contributed by atoms with van der Waals surface area (Å²) >= 11 is 0. The molecule has 0 aliphatic carbocycles. The Labute approximate surface area is 81.1 Å². The summed E-state index contributed by atoms with van der Waals surface area (Å²) < 4.78 is 12.8. The van der Waals surface area contributed by atoms with Crippen molar-refractivity contribution in [3.63, 3.8) is 0 Å². The number of nitrogens with one attached hydrogen (secondary N) is 1. The number of aromatic amines is 1. The van der Waals surface area contributed by atoms with Crippen molar-refractivity contribution in [1.82, 2.24) is 9.97 Å². The molecule has 4 N–H and O–H groups in total. The molecule has 0 aliphatic rings. The Hall–Kier alpha value is -1.42. The lowest BCUT2D eigenvalue weighted by atomic mass is 10.3. The summed E-state index contributed by atoms with van der Waals surface area (Å²) in [6.45, 7) is 0.894. The van der Waals surface area contributed by atoms with Crippen LogP contribution < -0.4 is 5.73 Å². The molecule has 14 heavy (non-hydrogen) atoms. The minimum absolute atomic E-state index is 0.232. The number of benzene rings is 1. The van der Waals surface area contributed by atoms with Gasteiger partial charge in [-0.05, 0) is 18.2 Å². The van der Waals surface area contributed by atoms with E-state index in [0.29, 0.717) is 0 Å². The van der Waals surface area contributed by atoms with Gasteiger partial charge in [-0.1, -0.05) is 0 Å². The van der Waals surface area contributed by atoms with Crippen LogP contribution in [0.4, 0.5) is 4.39 Å². The summed E-state index contributed by atoms with van der Waals surface area (Å²) in [5.41, 5.74) is 5.36. The maximum Gasteiger partial charge on any atom is 0.125 e. The van der Waals surface area contributed by atoms with Gasteiger partial charge in [0.05, 0.1) is 17.6 Å². The number of fused-ring (bicyclic) bond motifs is 1. The molecule has 0 radical (unpaired) electrons. The molecule has 0 atom stereocenters. The number of rotatable bonds is 3. The van der Waals surface area contributed by atoms with E-state index in [-0.39, 0.29) is 5.82 Å². The number of hydrogen-bond donors (Lipinski definition) is 2. The molecule has 1 heterocycles. The normalized spacial score (nSPS) is 11.0. The lowest BCUT2D eigenvalue weighted by molar-refractivity contribution is -0.368. The van der Waals surface area contributed by atoms with Gasteiger partial charge >= 0.3 is 0 Å². The summed E-state index contributed by atoms with van der Waals surface area (Å²) in [5.74, 6) is 0.680. The average Bonchev–Trinajstić information content (AvgIpc) is 2.56. The highest BCUT2D eigenvalue weighted by molar-refractivity contribution is 5.74. The summed E-state index contributed by atoms with van der Waals surface area (Å²) in [6.07, 6.45) is 1.88. The first kappa shape index (κ1) is 9.15. The quantitative estimate of drug-likeness (QED) is 0.748. The van der Waals surface area contributed by atoms with Gasteiger partial charge in [0.1, 0.15) is 11.6 Å². The van der Waals surface area contributed by atoms with Crippen LogP contribution in [0.5, 0.6) is 0 Å². The minimum atomic E-state index is -0.232. The Morgan fingerprint density at radius 3 is 3.07 bits per heavy atom. The van der Waals surface area contributed by atoms with E-state index in [1.165, 1.54) is 12.1 Å². The number of aryl methyl sites for hydroxylation is 1. The van der Waals surface area contributed by atoms with Gasteiger partial charge in [-0.15, -0.1) is 0 Å². The zero-order valence-corrected chi connectivity index (χ0v) is 7.89. The molecule has 74 valence electrons. The third-order valence-electron chi connectivity index (χ3n) is 2.16. The zero-order chi connectivity index (χ0) is 9.97. The van der Waals surface area contributed by atoms with Crippen LogP contribution in [0.2, 0.25) is 0 Å². The topological polar surface area (TPSA) is 56.3 Å². The van der Waals surface area contributed by atoms with Gasteiger partial charge in [0.15, 0.2) is 0 Å². The Balaban J connectivity index is 2.32. The number of nitrogens with zero attached hydrogens (tertiary/aromatic N) is 1. The summed E-state index contributed by atoms with van der Waals surface area (Å²) in [5, 5.41) is 0. The Morgan fingerprint density at radius 2 is 2.29 bits per heavy atom. The van der Waals surface area contributed by atoms with Crippen molar-refractivity contribution < 1.29 is 10.1 Å². The van der Waals surface area contributed by atoms with Crippen LogP contribution in [-0.2, 0) is 6.42 Å². The fourth-order valence-corrected chi connectivity index (χ4v) is 1.45. The van der Waals surface area contributed by atoms with Gasteiger partial charge in [0.25, 0.3) is 0 Å². The van der Waals surface area contributed by atoms with E-state index in [1.54, 1.807) is 6.07 Å². The van der Waals surface area contributed by atoms with Crippen LogP contribution in [0.1, 0.15) is 12.2 Å². The zero-order valence-electron chi connectivity index (χ0n) is 7.89. The molecule has 0 bridgehead atoms. The van der Waals surface area contributed by atoms with E-state index in [2.05, 4.69) is 15.7 Å². The van der Waals surface area contributed by atoms with Crippen LogP contribution >= 0.6 is 0 Å². The third kappa shape index (κ3) is 1.75. The number of halogens is 1. The van der Waals surface area contributed by atoms with Crippen molar-refractivity contribution in [3.8, 4) is 0 Å². The fraction of sp³-hybridized carbons (Fsp3) is 0.300. The van der Waals surface area contributed by atoms with E-state index in [0.717, 1.165) is 36.2 Å². The highest BCUT2D eigenvalue weighted by atomic mass is 19.1. The number of imidazole rings is 1. The van der Waals surface area contributed by atoms with Crippen LogP contribution in [-0.4, -0.2) is 16.5 Å². The van der Waals surface area contributed by atoms with Crippen LogP contribution in [0.15, 0.2) is 18.2 Å². The van der Waals surface area contributed by atoms with Crippen LogP contribution in [0.3, 0.4) is 0 Å². The number of aromatic nitrogens is 2. The van der Waals surface area contributed by atoms with Gasteiger partial charge in [-0.2, -0.15) is 0 Å². The molecule has 0 saturated carbocycles. The third-order valence-corrected chi connectivity index (χ3v) is 2.16. The monoisotopic (exact) mass is 194 g/mol. The van der Waals surface area contributed by atoms with Gasteiger partial charge in [0, 0.05) is 12.8 Å². The van der Waals surface area contributed by atoms with Crippen molar-refractivity contribution in [2.45, 2.75) is 12.8 Å². The fourth-order valence-electron chi connectivity index (χ4n) is 1.45. The highest BCUT2D eigenvalue weighted by Gasteiger charge is 2.03. The molecule has 0 aliphatic heterocycles. The Bertz CT molecular complexity index is 436. The molecule has 1 aromatic heterocycles. The number of quaternary nitrogens is 1. The molecular weight excluding hydrogens is 181 g/mol. The van der Waals surface area contributed by atoms with Gasteiger partial charge < -0.3 is 10.7 Å². The smallest absolute Gasteiger partial charge is 0.125 e. The van der Waals surface area contributed by atoms with Crippen LogP contribution in [0.25, 0.3) is 11.0 Å². The van der Waals surface area contributed by atoms with Crippen LogP contribution in [0, 0.1) is 5.82 Å². The number of hydrogen-bond acceptors (Lipinski definition) is 1. The molecule has 1 aromatic carbocycles. The Morgan fingerprint density at radius 1 is 1.43 bits per heavy atom. The first-order valence-electron chi connectivity index (χ1n) is 4.73. The van der Waals surface area contributed by atoms with Crippen molar-refractivity contribution in [2.24, 2.45) is 0 Å². The van der Waals surface area contributed by atoms with Gasteiger partial charge in [0.2, 0.25) is 0 Å². The molecule has 0 amide bonds. The first-order valence-corrected chi connectivity index (χ1v) is 4.73. The molecular formula is C10H13FN3+. The average molecular weight is 194 g/mol. The van der Waals surface area contributed by atoms with E-state index < -0.39 is 0 Å². The molecule has 2 rings (SSSR count). The molecule has 0 unspecified atom stereocenters. The summed E-state index contributed by atoms with van der Waals surface area (Å²) in [4.78, 5) is 7.43. The SMILES string of the molecule is [NH3+]CCCc1nc2ccc(F)cc2[nH]1. The van der Waals surface area contributed by atoms with E-state index in [4.69, 9.17) is 0 Å². The first-order chi connectivity index (χ1) is 6.79. The predicted molar refractivity (Wildman–Crippen MR) is 52.1 cm³/mol. The van der Waals surface area contributed by atoms with E-state index in [1.807, 2.05) is 0 Å². The van der Waals surface area contributed by atoms with Gasteiger partial charge in [-0.3, -0.25) is 0 Å². The Kier molecular flexibility index (Phi) is 2.45.